The highest BCUT2D eigenvalue weighted by Gasteiger charge is 2.66. The van der Waals surface area contributed by atoms with E-state index in [0.717, 1.165) is 5.56 Å². The molecule has 1 saturated heterocycles. The summed E-state index contributed by atoms with van der Waals surface area (Å²) in [5.41, 5.74) is -0.441. The van der Waals surface area contributed by atoms with Gasteiger partial charge in [-0.05, 0) is 53.9 Å². The van der Waals surface area contributed by atoms with Gasteiger partial charge in [0.25, 0.3) is 0 Å². The van der Waals surface area contributed by atoms with Crippen LogP contribution >= 0.6 is 0 Å². The number of fused-ring (bicyclic) bond motifs is 3. The molecular formula is C29H28O8. The summed E-state index contributed by atoms with van der Waals surface area (Å²) in [6.07, 6.45) is 7.43. The van der Waals surface area contributed by atoms with Crippen molar-refractivity contribution in [3.05, 3.63) is 78.0 Å². The van der Waals surface area contributed by atoms with Gasteiger partial charge in [-0.15, -0.1) is 0 Å². The molecule has 2 aliphatic carbocycles. The van der Waals surface area contributed by atoms with Gasteiger partial charge in [0.1, 0.15) is 6.10 Å². The lowest BCUT2D eigenvalue weighted by Gasteiger charge is -2.59. The lowest BCUT2D eigenvalue weighted by atomic mass is 9.44. The molecule has 2 fully saturated rings. The number of carboxylic acid groups (broad SMARTS) is 1. The molecule has 1 aromatic carbocycles. The Morgan fingerprint density at radius 1 is 1.11 bits per heavy atom. The van der Waals surface area contributed by atoms with E-state index in [0.29, 0.717) is 24.8 Å². The molecule has 6 unspecified atom stereocenters. The van der Waals surface area contributed by atoms with Crippen LogP contribution in [0.2, 0.25) is 0 Å². The Kier molecular flexibility index (Phi) is 6.14. The maximum atomic E-state index is 14.0. The Hall–Kier alpha value is -3.94. The number of cyclic esters (lactones) is 1. The minimum atomic E-state index is -1.11. The minimum Gasteiger partial charge on any atom is -0.481 e. The number of aliphatic carboxylic acids is 1. The molecule has 2 aromatic rings. The fourth-order valence-electron chi connectivity index (χ4n) is 6.65. The number of Topliss-reactive ketones (excluding diaryl/α,β-unsaturated/α-hetero) is 1. The molecule has 0 radical (unpaired) electrons. The molecular weight excluding hydrogens is 476 g/mol. The number of carboxylic acids is 1. The quantitative estimate of drug-likeness (QED) is 0.458. The maximum absolute atomic E-state index is 14.0. The van der Waals surface area contributed by atoms with E-state index in [1.165, 1.54) is 24.7 Å². The smallest absolute Gasteiger partial charge is 0.336 e. The molecule has 2 heterocycles. The number of benzene rings is 1. The van der Waals surface area contributed by atoms with Crippen molar-refractivity contribution in [3.63, 3.8) is 0 Å². The molecule has 1 aliphatic heterocycles. The zero-order valence-electron chi connectivity index (χ0n) is 20.6. The Morgan fingerprint density at radius 2 is 1.86 bits per heavy atom. The van der Waals surface area contributed by atoms with E-state index in [1.807, 2.05) is 37.3 Å². The topological polar surface area (TPSA) is 120 Å². The average Bonchev–Trinajstić information content (AvgIpc) is 3.39. The van der Waals surface area contributed by atoms with E-state index in [1.54, 1.807) is 19.1 Å². The number of carbonyl (C=O) groups is 4. The number of ketones is 1. The third-order valence-corrected chi connectivity index (χ3v) is 8.39. The van der Waals surface area contributed by atoms with Crippen LogP contribution in [-0.2, 0) is 28.7 Å². The van der Waals surface area contributed by atoms with Gasteiger partial charge >= 0.3 is 17.9 Å². The Labute approximate surface area is 213 Å². The van der Waals surface area contributed by atoms with Crippen LogP contribution in [0, 0.1) is 28.6 Å². The second-order valence-corrected chi connectivity index (χ2v) is 10.6. The van der Waals surface area contributed by atoms with Gasteiger partial charge in [-0.3, -0.25) is 14.4 Å². The van der Waals surface area contributed by atoms with Crippen LogP contribution in [0.15, 0.2) is 71.3 Å². The van der Waals surface area contributed by atoms with Gasteiger partial charge in [0.2, 0.25) is 5.78 Å². The summed E-state index contributed by atoms with van der Waals surface area (Å²) in [4.78, 5) is 52.2. The number of allylic oxidation sites excluding steroid dienone is 1. The summed E-state index contributed by atoms with van der Waals surface area (Å²) in [5.74, 6) is -5.59. The van der Waals surface area contributed by atoms with Gasteiger partial charge in [0.05, 0.1) is 24.4 Å². The SMILES string of the molecule is CC12CCC3C(=O)OC(c4ccoc4)CC3(C)C1C(=O)C(OC(=O)C=Cc1ccccc1)=CC2C(=O)O. The molecule has 1 N–H and O–H groups in total. The van der Waals surface area contributed by atoms with E-state index in [9.17, 15) is 24.3 Å². The van der Waals surface area contributed by atoms with Gasteiger partial charge in [0.15, 0.2) is 5.76 Å². The number of ether oxygens (including phenoxy) is 2. The van der Waals surface area contributed by atoms with E-state index >= 15 is 0 Å². The summed E-state index contributed by atoms with van der Waals surface area (Å²) in [7, 11) is 0. The molecule has 0 amide bonds. The standard InChI is InChI=1S/C29H28O8/c1-28-12-10-19-27(34)37-22(18-11-13-35-16-18)15-29(19,2)25(28)24(31)21(14-20(28)26(32)33)36-23(30)9-8-17-6-4-3-5-7-17/h3-9,11,13-14,16,19-20,22,25H,10,12,15H2,1-2H3,(H,32,33). The van der Waals surface area contributed by atoms with E-state index in [4.69, 9.17) is 13.9 Å². The number of rotatable bonds is 5. The van der Waals surface area contributed by atoms with Crippen molar-refractivity contribution in [2.24, 2.45) is 28.6 Å². The Balaban J connectivity index is 1.50. The number of furan rings is 1. The molecule has 1 saturated carbocycles. The molecule has 0 spiro atoms. The van der Waals surface area contributed by atoms with Crippen molar-refractivity contribution < 1.29 is 38.2 Å². The van der Waals surface area contributed by atoms with Crippen LogP contribution in [0.5, 0.6) is 0 Å². The highest BCUT2D eigenvalue weighted by Crippen LogP contribution is 2.64. The highest BCUT2D eigenvalue weighted by atomic mass is 16.5. The number of esters is 2. The monoisotopic (exact) mass is 504 g/mol. The van der Waals surface area contributed by atoms with Crippen LogP contribution in [0.4, 0.5) is 0 Å². The van der Waals surface area contributed by atoms with Crippen molar-refractivity contribution >= 4 is 29.8 Å². The number of hydrogen-bond donors (Lipinski definition) is 1. The van der Waals surface area contributed by atoms with Gasteiger partial charge in [-0.2, -0.15) is 0 Å². The summed E-state index contributed by atoms with van der Waals surface area (Å²) < 4.78 is 16.3. The molecule has 5 rings (SSSR count). The lowest BCUT2D eigenvalue weighted by molar-refractivity contribution is -0.198. The normalized spacial score (nSPS) is 33.2. The highest BCUT2D eigenvalue weighted by molar-refractivity contribution is 6.02. The Bertz CT molecular complexity index is 1290. The van der Waals surface area contributed by atoms with Crippen molar-refractivity contribution in [1.82, 2.24) is 0 Å². The third-order valence-electron chi connectivity index (χ3n) is 8.39. The zero-order chi connectivity index (χ0) is 26.4. The first-order valence-corrected chi connectivity index (χ1v) is 12.3. The molecule has 8 nitrogen and oxygen atoms in total. The number of hydrogen-bond acceptors (Lipinski definition) is 7. The van der Waals surface area contributed by atoms with Crippen LogP contribution < -0.4 is 0 Å². The van der Waals surface area contributed by atoms with E-state index < -0.39 is 58.4 Å². The van der Waals surface area contributed by atoms with E-state index in [2.05, 4.69) is 0 Å². The van der Waals surface area contributed by atoms with Crippen LogP contribution in [0.25, 0.3) is 6.08 Å². The Morgan fingerprint density at radius 3 is 2.54 bits per heavy atom. The lowest BCUT2D eigenvalue weighted by Crippen LogP contribution is -2.61. The second kappa shape index (κ2) is 9.18. The van der Waals surface area contributed by atoms with E-state index in [-0.39, 0.29) is 5.76 Å². The predicted molar refractivity (Wildman–Crippen MR) is 130 cm³/mol. The fourth-order valence-corrected chi connectivity index (χ4v) is 6.65. The first-order valence-electron chi connectivity index (χ1n) is 12.3. The average molecular weight is 505 g/mol. The van der Waals surface area contributed by atoms with Crippen molar-refractivity contribution in [2.45, 2.75) is 39.2 Å². The molecule has 6 atom stereocenters. The van der Waals surface area contributed by atoms with Crippen molar-refractivity contribution in [2.75, 3.05) is 0 Å². The molecule has 3 aliphatic rings. The first kappa shape index (κ1) is 24.7. The summed E-state index contributed by atoms with van der Waals surface area (Å²) in [5, 5.41) is 10.2. The largest absolute Gasteiger partial charge is 0.481 e. The molecule has 1 aromatic heterocycles. The predicted octanol–water partition coefficient (Wildman–Crippen LogP) is 4.73. The first-order chi connectivity index (χ1) is 17.6. The second-order valence-electron chi connectivity index (χ2n) is 10.6. The van der Waals surface area contributed by atoms with Gasteiger partial charge < -0.3 is 19.0 Å². The molecule has 8 heteroatoms. The minimum absolute atomic E-state index is 0.293. The summed E-state index contributed by atoms with van der Waals surface area (Å²) in [6.45, 7) is 3.64. The van der Waals surface area contributed by atoms with Crippen molar-refractivity contribution in [1.29, 1.82) is 0 Å². The van der Waals surface area contributed by atoms with Crippen LogP contribution in [0.1, 0.15) is 50.3 Å². The van der Waals surface area contributed by atoms with Gasteiger partial charge in [0, 0.05) is 17.6 Å². The van der Waals surface area contributed by atoms with Crippen LogP contribution in [0.3, 0.4) is 0 Å². The molecule has 37 heavy (non-hydrogen) atoms. The van der Waals surface area contributed by atoms with Gasteiger partial charge in [-0.25, -0.2) is 4.79 Å². The zero-order valence-corrected chi connectivity index (χ0v) is 20.6. The van der Waals surface area contributed by atoms with Gasteiger partial charge in [-0.1, -0.05) is 44.2 Å². The van der Waals surface area contributed by atoms with Crippen LogP contribution in [-0.4, -0.2) is 28.8 Å². The summed E-state index contributed by atoms with van der Waals surface area (Å²) in [6, 6.07) is 10.8. The third kappa shape index (κ3) is 4.20. The van der Waals surface area contributed by atoms with Crippen molar-refractivity contribution in [3.8, 4) is 0 Å². The molecule has 0 bridgehead atoms. The fraction of sp³-hybridized carbons (Fsp3) is 0.379. The maximum Gasteiger partial charge on any atom is 0.336 e. The molecule has 192 valence electrons. The number of carbonyl (C=O) groups excluding carboxylic acids is 3. The summed E-state index contributed by atoms with van der Waals surface area (Å²) >= 11 is 0.